The Balaban J connectivity index is 1.51. The van der Waals surface area contributed by atoms with E-state index in [2.05, 4.69) is 10.3 Å². The number of imidazole rings is 1. The molecule has 1 N–H and O–H groups in total. The minimum atomic E-state index is -3.75. The Morgan fingerprint density at radius 2 is 1.80 bits per heavy atom. The highest BCUT2D eigenvalue weighted by Crippen LogP contribution is 2.30. The van der Waals surface area contributed by atoms with E-state index >= 15 is 0 Å². The summed E-state index contributed by atoms with van der Waals surface area (Å²) in [7, 11) is -3.75. The maximum atomic E-state index is 13.5. The van der Waals surface area contributed by atoms with Gasteiger partial charge in [0.15, 0.2) is 0 Å². The number of aryl methyl sites for hydroxylation is 1. The summed E-state index contributed by atoms with van der Waals surface area (Å²) in [6.45, 7) is 3.13. The summed E-state index contributed by atoms with van der Waals surface area (Å²) >= 11 is 0. The van der Waals surface area contributed by atoms with E-state index in [0.29, 0.717) is 35.9 Å². The van der Waals surface area contributed by atoms with Crippen LogP contribution < -0.4 is 5.32 Å². The number of morpholine rings is 1. The Kier molecular flexibility index (Phi) is 6.10. The number of fused-ring (bicyclic) bond motifs is 1. The molecule has 0 radical (unpaired) electrons. The molecule has 0 saturated carbocycles. The summed E-state index contributed by atoms with van der Waals surface area (Å²) in [4.78, 5) is 18.0. The van der Waals surface area contributed by atoms with E-state index < -0.39 is 15.9 Å². The lowest BCUT2D eigenvalue weighted by atomic mass is 10.1. The van der Waals surface area contributed by atoms with E-state index in [4.69, 9.17) is 4.74 Å². The largest absolute Gasteiger partial charge is 0.379 e. The van der Waals surface area contributed by atoms with Crippen molar-refractivity contribution in [1.29, 1.82) is 0 Å². The van der Waals surface area contributed by atoms with Crippen LogP contribution in [0.1, 0.15) is 15.9 Å². The molecule has 1 saturated heterocycles. The van der Waals surface area contributed by atoms with Crippen LogP contribution in [0.15, 0.2) is 71.8 Å². The molecule has 1 aliphatic rings. The van der Waals surface area contributed by atoms with Crippen LogP contribution in [0, 0.1) is 12.7 Å². The second kappa shape index (κ2) is 9.21. The Bertz CT molecular complexity index is 1510. The first kappa shape index (κ1) is 23.2. The van der Waals surface area contributed by atoms with E-state index in [1.807, 2.05) is 19.1 Å². The third-order valence-electron chi connectivity index (χ3n) is 5.84. The highest BCUT2D eigenvalue weighted by Gasteiger charge is 2.27. The third-order valence-corrected chi connectivity index (χ3v) is 7.73. The highest BCUT2D eigenvalue weighted by molar-refractivity contribution is 7.89. The van der Waals surface area contributed by atoms with E-state index in [-0.39, 0.29) is 29.4 Å². The lowest BCUT2D eigenvalue weighted by molar-refractivity contribution is 0.0730. The first-order valence-electron chi connectivity index (χ1n) is 11.1. The van der Waals surface area contributed by atoms with Crippen LogP contribution in [0.25, 0.3) is 16.9 Å². The van der Waals surface area contributed by atoms with Gasteiger partial charge in [-0.3, -0.25) is 9.20 Å². The fraction of sp³-hybridized carbons (Fsp3) is 0.200. The van der Waals surface area contributed by atoms with Gasteiger partial charge in [-0.15, -0.1) is 0 Å². The number of amides is 1. The van der Waals surface area contributed by atoms with E-state index in [9.17, 15) is 17.6 Å². The molecule has 180 valence electrons. The Morgan fingerprint density at radius 3 is 2.54 bits per heavy atom. The van der Waals surface area contributed by atoms with Crippen molar-refractivity contribution in [1.82, 2.24) is 13.7 Å². The van der Waals surface area contributed by atoms with Gasteiger partial charge in [0.25, 0.3) is 5.91 Å². The monoisotopic (exact) mass is 494 g/mol. The van der Waals surface area contributed by atoms with Gasteiger partial charge in [-0.25, -0.2) is 17.8 Å². The molecule has 1 fully saturated rings. The van der Waals surface area contributed by atoms with Gasteiger partial charge in [0, 0.05) is 30.4 Å². The molecule has 5 rings (SSSR count). The summed E-state index contributed by atoms with van der Waals surface area (Å²) in [6, 6.07) is 15.5. The van der Waals surface area contributed by atoms with Crippen LogP contribution in [0.5, 0.6) is 0 Å². The third kappa shape index (κ3) is 4.55. The molecular formula is C25H23FN4O4S. The Labute approximate surface area is 202 Å². The van der Waals surface area contributed by atoms with Crippen molar-refractivity contribution in [2.75, 3.05) is 31.6 Å². The van der Waals surface area contributed by atoms with Crippen molar-refractivity contribution in [2.45, 2.75) is 11.8 Å². The molecule has 2 aromatic carbocycles. The van der Waals surface area contributed by atoms with Crippen molar-refractivity contribution in [3.63, 3.8) is 0 Å². The lowest BCUT2D eigenvalue weighted by Crippen LogP contribution is -2.40. The summed E-state index contributed by atoms with van der Waals surface area (Å²) in [5.74, 6) is -0.468. The number of ether oxygens (including phenoxy) is 1. The van der Waals surface area contributed by atoms with Gasteiger partial charge >= 0.3 is 0 Å². The van der Waals surface area contributed by atoms with Crippen molar-refractivity contribution in [3.05, 3.63) is 83.8 Å². The zero-order chi connectivity index (χ0) is 24.6. The number of aromatic nitrogens is 2. The average molecular weight is 495 g/mol. The number of nitrogens with one attached hydrogen (secondary N) is 1. The van der Waals surface area contributed by atoms with Gasteiger partial charge in [-0.05, 0) is 67.1 Å². The molecule has 2 aromatic heterocycles. The molecule has 0 spiro atoms. The second-order valence-corrected chi connectivity index (χ2v) is 10.2. The molecule has 10 heteroatoms. The van der Waals surface area contributed by atoms with Crippen LogP contribution >= 0.6 is 0 Å². The predicted octanol–water partition coefficient (Wildman–Crippen LogP) is 3.72. The number of halogens is 1. The van der Waals surface area contributed by atoms with Crippen molar-refractivity contribution >= 4 is 27.4 Å². The van der Waals surface area contributed by atoms with Gasteiger partial charge in [-0.2, -0.15) is 4.31 Å². The smallest absolute Gasteiger partial charge is 0.256 e. The molecule has 8 nitrogen and oxygen atoms in total. The van der Waals surface area contributed by atoms with E-state index in [1.54, 1.807) is 34.9 Å². The normalized spacial score (nSPS) is 14.8. The maximum absolute atomic E-state index is 13.5. The minimum Gasteiger partial charge on any atom is -0.379 e. The van der Waals surface area contributed by atoms with Gasteiger partial charge in [-0.1, -0.05) is 6.07 Å². The molecule has 1 amide bonds. The number of rotatable bonds is 5. The maximum Gasteiger partial charge on any atom is 0.256 e. The fourth-order valence-electron chi connectivity index (χ4n) is 3.99. The standard InChI is InChI=1S/C25H23FN4O4S/c1-17-9-10-30-22(15-17)27-23(18-5-7-20(26)8-6-18)24(30)28-25(31)19-3-2-4-21(16-19)35(32,33)29-11-13-34-14-12-29/h2-10,15-16H,11-14H2,1H3,(H,28,31). The number of benzene rings is 2. The van der Waals surface area contributed by atoms with Crippen LogP contribution in [0.4, 0.5) is 10.2 Å². The highest BCUT2D eigenvalue weighted by atomic mass is 32.2. The predicted molar refractivity (Wildman–Crippen MR) is 129 cm³/mol. The topological polar surface area (TPSA) is 93.0 Å². The van der Waals surface area contributed by atoms with Crippen LogP contribution in [-0.2, 0) is 14.8 Å². The number of carbonyl (C=O) groups excluding carboxylic acids is 1. The summed E-state index contributed by atoms with van der Waals surface area (Å²) in [6.07, 6.45) is 1.79. The molecule has 1 aliphatic heterocycles. The number of hydrogen-bond donors (Lipinski definition) is 1. The van der Waals surface area contributed by atoms with Crippen LogP contribution in [0.2, 0.25) is 0 Å². The zero-order valence-electron chi connectivity index (χ0n) is 18.9. The minimum absolute atomic E-state index is 0.0413. The number of anilines is 1. The van der Waals surface area contributed by atoms with Crippen molar-refractivity contribution < 1.29 is 22.3 Å². The summed E-state index contributed by atoms with van der Waals surface area (Å²) in [5.41, 5.74) is 2.90. The van der Waals surface area contributed by atoms with Crippen LogP contribution in [-0.4, -0.2) is 54.3 Å². The second-order valence-electron chi connectivity index (χ2n) is 8.25. The number of sulfonamides is 1. The lowest BCUT2D eigenvalue weighted by Gasteiger charge is -2.26. The number of nitrogens with zero attached hydrogens (tertiary/aromatic N) is 3. The Hall–Kier alpha value is -3.60. The van der Waals surface area contributed by atoms with Crippen LogP contribution in [0.3, 0.4) is 0 Å². The Morgan fingerprint density at radius 1 is 1.06 bits per heavy atom. The molecule has 0 aliphatic carbocycles. The van der Waals surface area contributed by atoms with Gasteiger partial charge in [0.2, 0.25) is 10.0 Å². The average Bonchev–Trinajstić information content (AvgIpc) is 3.22. The zero-order valence-corrected chi connectivity index (χ0v) is 19.8. The number of pyridine rings is 1. The molecule has 35 heavy (non-hydrogen) atoms. The van der Waals surface area contributed by atoms with Gasteiger partial charge < -0.3 is 10.1 Å². The SMILES string of the molecule is Cc1ccn2c(NC(=O)c3cccc(S(=O)(=O)N4CCOCC4)c3)c(-c3ccc(F)cc3)nc2c1. The van der Waals surface area contributed by atoms with E-state index in [1.165, 1.54) is 28.6 Å². The molecule has 3 heterocycles. The van der Waals surface area contributed by atoms with Crippen molar-refractivity contribution in [3.8, 4) is 11.3 Å². The first-order chi connectivity index (χ1) is 16.8. The summed E-state index contributed by atoms with van der Waals surface area (Å²) in [5, 5.41) is 2.88. The number of hydrogen-bond acceptors (Lipinski definition) is 5. The quantitative estimate of drug-likeness (QED) is 0.457. The summed E-state index contributed by atoms with van der Waals surface area (Å²) < 4.78 is 47.9. The molecule has 0 bridgehead atoms. The molecular weight excluding hydrogens is 471 g/mol. The first-order valence-corrected chi connectivity index (χ1v) is 12.5. The molecule has 4 aromatic rings. The van der Waals surface area contributed by atoms with Crippen molar-refractivity contribution in [2.24, 2.45) is 0 Å². The van der Waals surface area contributed by atoms with Gasteiger partial charge in [0.1, 0.15) is 23.0 Å². The van der Waals surface area contributed by atoms with Gasteiger partial charge in [0.05, 0.1) is 18.1 Å². The fourth-order valence-corrected chi connectivity index (χ4v) is 5.44. The van der Waals surface area contributed by atoms with E-state index in [0.717, 1.165) is 5.56 Å². The molecule has 0 unspecified atom stereocenters. The number of carbonyl (C=O) groups is 1. The molecule has 0 atom stereocenters.